The molecule has 2 heterocycles. The van der Waals surface area contributed by atoms with Crippen LogP contribution in [-0.4, -0.2) is 33.4 Å². The third kappa shape index (κ3) is 4.14. The number of rotatable bonds is 7. The van der Waals surface area contributed by atoms with Crippen LogP contribution in [0.15, 0.2) is 58.0 Å². The Bertz CT molecular complexity index is 1030. The summed E-state index contributed by atoms with van der Waals surface area (Å²) in [6, 6.07) is 12.0. The van der Waals surface area contributed by atoms with E-state index in [1.54, 1.807) is 36.6 Å². The molecule has 0 saturated heterocycles. The lowest BCUT2D eigenvalue weighted by molar-refractivity contribution is 0.0471. The highest BCUT2D eigenvalue weighted by molar-refractivity contribution is 7.84. The third-order valence-corrected chi connectivity index (χ3v) is 5.49. The van der Waals surface area contributed by atoms with Gasteiger partial charge in [-0.15, -0.1) is 0 Å². The summed E-state index contributed by atoms with van der Waals surface area (Å²) < 4.78 is 24.3. The third-order valence-electron chi connectivity index (χ3n) is 4.52. The van der Waals surface area contributed by atoms with Crippen molar-refractivity contribution in [2.75, 3.05) is 12.9 Å². The number of nitrogens with zero attached hydrogens (tertiary/aromatic N) is 1. The van der Waals surface area contributed by atoms with Crippen LogP contribution in [-0.2, 0) is 22.1 Å². The van der Waals surface area contributed by atoms with Gasteiger partial charge in [-0.2, -0.15) is 0 Å². The van der Waals surface area contributed by atoms with Gasteiger partial charge in [0.1, 0.15) is 5.76 Å². The van der Waals surface area contributed by atoms with E-state index >= 15 is 0 Å². The molecule has 0 bridgehead atoms. The lowest BCUT2D eigenvalue weighted by Gasteiger charge is -2.09. The zero-order chi connectivity index (χ0) is 20.3. The number of Topliss-reactive ketones (excluding diaryl/α,β-unsaturated/α-hetero) is 1. The van der Waals surface area contributed by atoms with E-state index in [1.807, 2.05) is 30.5 Å². The van der Waals surface area contributed by atoms with Gasteiger partial charge in [-0.25, -0.2) is 4.79 Å². The Labute approximate surface area is 165 Å². The molecule has 0 amide bonds. The van der Waals surface area contributed by atoms with Crippen molar-refractivity contribution in [3.8, 4) is 0 Å². The standard InChI is InChI=1S/C21H21NO5S/c1-14-11-18(15(2)22(14)12-16-7-6-10-26-16)19(23)13-27-21(24)17-8-4-5-9-20(17)28(3)25/h4-11H,12-13H2,1-3H3/t28-/m0/s1. The number of esters is 1. The van der Waals surface area contributed by atoms with Gasteiger partial charge in [0.2, 0.25) is 5.78 Å². The van der Waals surface area contributed by atoms with Gasteiger partial charge in [-0.3, -0.25) is 9.00 Å². The molecule has 0 fully saturated rings. The van der Waals surface area contributed by atoms with E-state index in [2.05, 4.69) is 0 Å². The quantitative estimate of drug-likeness (QED) is 0.449. The zero-order valence-electron chi connectivity index (χ0n) is 15.9. The van der Waals surface area contributed by atoms with E-state index in [1.165, 1.54) is 6.26 Å². The maximum absolute atomic E-state index is 12.6. The number of benzene rings is 1. The van der Waals surface area contributed by atoms with E-state index < -0.39 is 16.8 Å². The highest BCUT2D eigenvalue weighted by Crippen LogP contribution is 2.19. The Morgan fingerprint density at radius 1 is 1.11 bits per heavy atom. The Hall–Kier alpha value is -2.93. The summed E-state index contributed by atoms with van der Waals surface area (Å²) in [7, 11) is -1.33. The minimum atomic E-state index is -1.33. The molecule has 3 rings (SSSR count). The maximum Gasteiger partial charge on any atom is 0.339 e. The first kappa shape index (κ1) is 19.8. The van der Waals surface area contributed by atoms with Gasteiger partial charge >= 0.3 is 5.97 Å². The fraction of sp³-hybridized carbons (Fsp3) is 0.238. The number of hydrogen-bond donors (Lipinski definition) is 0. The maximum atomic E-state index is 12.6. The summed E-state index contributed by atoms with van der Waals surface area (Å²) in [5.41, 5.74) is 2.41. The first-order chi connectivity index (χ1) is 13.4. The predicted molar refractivity (Wildman–Crippen MR) is 105 cm³/mol. The van der Waals surface area contributed by atoms with Crippen LogP contribution in [0, 0.1) is 13.8 Å². The van der Waals surface area contributed by atoms with Crippen molar-refractivity contribution in [1.82, 2.24) is 4.57 Å². The van der Waals surface area contributed by atoms with E-state index in [0.29, 0.717) is 17.0 Å². The molecule has 3 aromatic rings. The SMILES string of the molecule is Cc1cc(C(=O)COC(=O)c2ccccc2[S@](C)=O)c(C)n1Cc1ccco1. The van der Waals surface area contributed by atoms with Crippen LogP contribution in [0.2, 0.25) is 0 Å². The topological polar surface area (TPSA) is 78.5 Å². The van der Waals surface area contributed by atoms with Crippen LogP contribution in [0.5, 0.6) is 0 Å². The molecule has 0 N–H and O–H groups in total. The van der Waals surface area contributed by atoms with Gasteiger partial charge in [0.15, 0.2) is 6.61 Å². The van der Waals surface area contributed by atoms with Gasteiger partial charge in [-0.05, 0) is 44.2 Å². The molecule has 7 heteroatoms. The van der Waals surface area contributed by atoms with Gasteiger partial charge in [-0.1, -0.05) is 12.1 Å². The second kappa shape index (κ2) is 8.39. The van der Waals surface area contributed by atoms with Crippen molar-refractivity contribution in [3.63, 3.8) is 0 Å². The molecule has 0 aliphatic rings. The first-order valence-electron chi connectivity index (χ1n) is 8.70. The number of aryl methyl sites for hydroxylation is 1. The fourth-order valence-electron chi connectivity index (χ4n) is 3.06. The van der Waals surface area contributed by atoms with Crippen LogP contribution >= 0.6 is 0 Å². The second-order valence-electron chi connectivity index (χ2n) is 6.40. The normalized spacial score (nSPS) is 12.0. The predicted octanol–water partition coefficient (Wildman–Crippen LogP) is 3.52. The molecule has 0 spiro atoms. The van der Waals surface area contributed by atoms with E-state index in [-0.39, 0.29) is 18.0 Å². The number of carbonyl (C=O) groups excluding carboxylic acids is 2. The molecule has 28 heavy (non-hydrogen) atoms. The number of furan rings is 1. The van der Waals surface area contributed by atoms with Crippen LogP contribution in [0.3, 0.4) is 0 Å². The molecule has 0 radical (unpaired) electrons. The molecule has 1 aromatic carbocycles. The van der Waals surface area contributed by atoms with Gasteiger partial charge in [0.25, 0.3) is 0 Å². The fourth-order valence-corrected chi connectivity index (χ4v) is 3.79. The number of ketones is 1. The number of ether oxygens (including phenoxy) is 1. The second-order valence-corrected chi connectivity index (χ2v) is 7.75. The number of carbonyl (C=O) groups is 2. The van der Waals surface area contributed by atoms with Crippen LogP contribution in [0.4, 0.5) is 0 Å². The first-order valence-corrected chi connectivity index (χ1v) is 10.3. The molecule has 6 nitrogen and oxygen atoms in total. The van der Waals surface area contributed by atoms with Crippen molar-refractivity contribution >= 4 is 22.6 Å². The van der Waals surface area contributed by atoms with Crippen LogP contribution < -0.4 is 0 Å². The smallest absolute Gasteiger partial charge is 0.339 e. The summed E-state index contributed by atoms with van der Waals surface area (Å²) in [5, 5.41) is 0. The largest absolute Gasteiger partial charge is 0.467 e. The molecule has 1 atom stereocenters. The van der Waals surface area contributed by atoms with Crippen molar-refractivity contribution in [1.29, 1.82) is 0 Å². The Morgan fingerprint density at radius 3 is 2.54 bits per heavy atom. The van der Waals surface area contributed by atoms with E-state index in [9.17, 15) is 13.8 Å². The monoisotopic (exact) mass is 399 g/mol. The summed E-state index contributed by atoms with van der Waals surface area (Å²) >= 11 is 0. The molecular formula is C21H21NO5S. The zero-order valence-corrected chi connectivity index (χ0v) is 16.7. The van der Waals surface area contributed by atoms with Crippen LogP contribution in [0.25, 0.3) is 0 Å². The van der Waals surface area contributed by atoms with E-state index in [4.69, 9.17) is 9.15 Å². The molecule has 0 saturated carbocycles. The van der Waals surface area contributed by atoms with E-state index in [0.717, 1.165) is 17.1 Å². The molecular weight excluding hydrogens is 378 g/mol. The van der Waals surface area contributed by atoms with Crippen molar-refractivity contribution in [3.05, 3.63) is 77.0 Å². The Morgan fingerprint density at radius 2 is 1.86 bits per heavy atom. The van der Waals surface area contributed by atoms with Crippen molar-refractivity contribution in [2.24, 2.45) is 0 Å². The lowest BCUT2D eigenvalue weighted by atomic mass is 10.1. The summed E-state index contributed by atoms with van der Waals surface area (Å²) in [5.74, 6) is -0.165. The molecule has 2 aromatic heterocycles. The number of aromatic nitrogens is 1. The summed E-state index contributed by atoms with van der Waals surface area (Å²) in [6.45, 7) is 3.90. The molecule has 0 unspecified atom stereocenters. The highest BCUT2D eigenvalue weighted by Gasteiger charge is 2.20. The average molecular weight is 399 g/mol. The Kier molecular flexibility index (Phi) is 5.94. The number of hydrogen-bond acceptors (Lipinski definition) is 5. The van der Waals surface area contributed by atoms with Gasteiger partial charge < -0.3 is 13.7 Å². The van der Waals surface area contributed by atoms with Gasteiger partial charge in [0.05, 0.1) is 34.1 Å². The minimum absolute atomic E-state index is 0.208. The van der Waals surface area contributed by atoms with Gasteiger partial charge in [0, 0.05) is 23.2 Å². The highest BCUT2D eigenvalue weighted by atomic mass is 32.2. The Balaban J connectivity index is 1.72. The van der Waals surface area contributed by atoms with Crippen LogP contribution in [0.1, 0.15) is 37.9 Å². The van der Waals surface area contributed by atoms with Crippen molar-refractivity contribution in [2.45, 2.75) is 25.3 Å². The summed E-state index contributed by atoms with van der Waals surface area (Å²) in [4.78, 5) is 25.3. The lowest BCUT2D eigenvalue weighted by Crippen LogP contribution is -2.16. The summed E-state index contributed by atoms with van der Waals surface area (Å²) in [6.07, 6.45) is 3.10. The average Bonchev–Trinajstić information content (AvgIpc) is 3.29. The molecule has 0 aliphatic carbocycles. The molecule has 146 valence electrons. The van der Waals surface area contributed by atoms with Crippen molar-refractivity contribution < 1.29 is 23.0 Å². The minimum Gasteiger partial charge on any atom is -0.467 e. The molecule has 0 aliphatic heterocycles.